The monoisotopic (exact) mass is 422 g/mol. The summed E-state index contributed by atoms with van der Waals surface area (Å²) in [6.07, 6.45) is 0.927. The van der Waals surface area contributed by atoms with Crippen molar-refractivity contribution in [1.29, 1.82) is 0 Å². The van der Waals surface area contributed by atoms with Gasteiger partial charge in [0.1, 0.15) is 5.75 Å². The Morgan fingerprint density at radius 1 is 1.18 bits per heavy atom. The van der Waals surface area contributed by atoms with Gasteiger partial charge in [-0.15, -0.1) is 0 Å². The number of halogens is 1. The van der Waals surface area contributed by atoms with E-state index in [4.69, 9.17) is 11.6 Å². The lowest BCUT2D eigenvalue weighted by Gasteiger charge is -2.31. The molecule has 6 nitrogen and oxygen atoms in total. The fourth-order valence-electron chi connectivity index (χ4n) is 3.32. The van der Waals surface area contributed by atoms with E-state index in [1.165, 1.54) is 16.4 Å². The second kappa shape index (κ2) is 8.51. The third-order valence-electron chi connectivity index (χ3n) is 5.01. The van der Waals surface area contributed by atoms with Crippen LogP contribution in [0.5, 0.6) is 5.75 Å². The average Bonchev–Trinajstić information content (AvgIpc) is 2.68. The zero-order valence-electron chi connectivity index (χ0n) is 15.5. The van der Waals surface area contributed by atoms with Crippen LogP contribution in [-0.4, -0.2) is 36.8 Å². The van der Waals surface area contributed by atoms with Gasteiger partial charge in [-0.05, 0) is 61.7 Å². The second-order valence-electron chi connectivity index (χ2n) is 6.96. The van der Waals surface area contributed by atoms with Crippen molar-refractivity contribution in [1.82, 2.24) is 9.62 Å². The highest BCUT2D eigenvalue weighted by atomic mass is 35.5. The summed E-state index contributed by atoms with van der Waals surface area (Å²) in [5, 5.41) is 13.0. The molecule has 1 aliphatic rings. The highest BCUT2D eigenvalue weighted by molar-refractivity contribution is 7.89. The van der Waals surface area contributed by atoms with Gasteiger partial charge in [0.25, 0.3) is 0 Å². The summed E-state index contributed by atoms with van der Waals surface area (Å²) >= 11 is 5.83. The summed E-state index contributed by atoms with van der Waals surface area (Å²) in [5.74, 6) is -0.185. The number of phenolic OH excluding ortho intramolecular Hbond substituents is 1. The van der Waals surface area contributed by atoms with E-state index in [-0.39, 0.29) is 28.5 Å². The Morgan fingerprint density at radius 2 is 1.82 bits per heavy atom. The van der Waals surface area contributed by atoms with Crippen molar-refractivity contribution in [3.8, 4) is 5.75 Å². The maximum atomic E-state index is 12.7. The smallest absolute Gasteiger partial charge is 0.243 e. The third-order valence-corrected chi connectivity index (χ3v) is 7.17. The number of amides is 1. The number of phenols is 1. The molecule has 2 aromatic rings. The molecule has 1 unspecified atom stereocenters. The Morgan fingerprint density at radius 3 is 2.43 bits per heavy atom. The number of nitrogens with one attached hydrogen (secondary N) is 1. The zero-order chi connectivity index (χ0) is 20.3. The molecule has 0 radical (unpaired) electrons. The van der Waals surface area contributed by atoms with Gasteiger partial charge in [0.05, 0.1) is 10.9 Å². The molecule has 0 spiro atoms. The van der Waals surface area contributed by atoms with E-state index < -0.39 is 10.0 Å². The number of hydrogen-bond donors (Lipinski definition) is 2. The van der Waals surface area contributed by atoms with Crippen LogP contribution in [0, 0.1) is 5.92 Å². The standard InChI is InChI=1S/C20H23ClN2O4S/c1-14(16-3-2-4-18(24)13-16)22-20(25)15-9-11-23(12-10-15)28(26,27)19-7-5-17(21)6-8-19/h2-8,13-15,24H,9-12H2,1H3,(H,22,25). The number of carbonyl (C=O) groups excluding carboxylic acids is 1. The van der Waals surface area contributed by atoms with Gasteiger partial charge in [-0.3, -0.25) is 4.79 Å². The lowest BCUT2D eigenvalue weighted by Crippen LogP contribution is -2.43. The molecule has 1 aliphatic heterocycles. The van der Waals surface area contributed by atoms with Crippen molar-refractivity contribution in [3.63, 3.8) is 0 Å². The molecule has 0 bridgehead atoms. The Kier molecular flexibility index (Phi) is 6.27. The number of benzene rings is 2. The number of rotatable bonds is 5. The van der Waals surface area contributed by atoms with Gasteiger partial charge in [0.2, 0.25) is 15.9 Å². The number of carbonyl (C=O) groups is 1. The summed E-state index contributed by atoms with van der Waals surface area (Å²) < 4.78 is 26.9. The number of sulfonamides is 1. The van der Waals surface area contributed by atoms with Crippen molar-refractivity contribution < 1.29 is 18.3 Å². The molecule has 0 aromatic heterocycles. The van der Waals surface area contributed by atoms with Crippen LogP contribution in [-0.2, 0) is 14.8 Å². The Bertz CT molecular complexity index is 939. The van der Waals surface area contributed by atoms with Crippen molar-refractivity contribution in [2.45, 2.75) is 30.7 Å². The number of hydrogen-bond acceptors (Lipinski definition) is 4. The molecule has 150 valence electrons. The highest BCUT2D eigenvalue weighted by Gasteiger charge is 2.32. The summed E-state index contributed by atoms with van der Waals surface area (Å²) in [6.45, 7) is 2.44. The van der Waals surface area contributed by atoms with Crippen LogP contribution in [0.2, 0.25) is 5.02 Å². The molecule has 1 fully saturated rings. The minimum Gasteiger partial charge on any atom is -0.508 e. The molecular formula is C20H23ClN2O4S. The molecule has 2 N–H and O–H groups in total. The molecule has 28 heavy (non-hydrogen) atoms. The van der Waals surface area contributed by atoms with E-state index in [0.717, 1.165) is 5.56 Å². The first-order chi connectivity index (χ1) is 13.3. The van der Waals surface area contributed by atoms with Crippen LogP contribution >= 0.6 is 11.6 Å². The SMILES string of the molecule is CC(NC(=O)C1CCN(S(=O)(=O)c2ccc(Cl)cc2)CC1)c1cccc(O)c1. The van der Waals surface area contributed by atoms with Gasteiger partial charge in [0, 0.05) is 24.0 Å². The second-order valence-corrected chi connectivity index (χ2v) is 9.33. The predicted molar refractivity (Wildman–Crippen MR) is 108 cm³/mol. The summed E-state index contributed by atoms with van der Waals surface area (Å²) in [6, 6.07) is 12.6. The maximum absolute atomic E-state index is 12.7. The Labute approximate surface area is 170 Å². The summed E-state index contributed by atoms with van der Waals surface area (Å²) in [4.78, 5) is 12.8. The van der Waals surface area contributed by atoms with Gasteiger partial charge in [0.15, 0.2) is 0 Å². The molecule has 2 aromatic carbocycles. The summed E-state index contributed by atoms with van der Waals surface area (Å²) in [5.41, 5.74) is 0.816. The van der Waals surface area contributed by atoms with Crippen molar-refractivity contribution >= 4 is 27.5 Å². The number of piperidine rings is 1. The lowest BCUT2D eigenvalue weighted by atomic mass is 9.96. The van der Waals surface area contributed by atoms with Crippen LogP contribution in [0.3, 0.4) is 0 Å². The van der Waals surface area contributed by atoms with Gasteiger partial charge >= 0.3 is 0 Å². The molecule has 3 rings (SSSR count). The maximum Gasteiger partial charge on any atom is 0.243 e. The van der Waals surface area contributed by atoms with E-state index in [1.807, 2.05) is 13.0 Å². The van der Waals surface area contributed by atoms with Crippen molar-refractivity contribution in [2.75, 3.05) is 13.1 Å². The zero-order valence-corrected chi connectivity index (χ0v) is 17.1. The van der Waals surface area contributed by atoms with Gasteiger partial charge in [-0.1, -0.05) is 23.7 Å². The van der Waals surface area contributed by atoms with Crippen molar-refractivity contribution in [2.24, 2.45) is 5.92 Å². The third kappa shape index (κ3) is 4.66. The van der Waals surface area contributed by atoms with E-state index in [0.29, 0.717) is 31.0 Å². The number of nitrogens with zero attached hydrogens (tertiary/aromatic N) is 1. The first-order valence-electron chi connectivity index (χ1n) is 9.12. The molecule has 1 heterocycles. The van der Waals surface area contributed by atoms with Gasteiger partial charge in [-0.25, -0.2) is 8.42 Å². The van der Waals surface area contributed by atoms with E-state index in [9.17, 15) is 18.3 Å². The van der Waals surface area contributed by atoms with Crippen LogP contribution in [0.1, 0.15) is 31.4 Å². The molecule has 1 saturated heterocycles. The lowest BCUT2D eigenvalue weighted by molar-refractivity contribution is -0.126. The molecule has 1 amide bonds. The van der Waals surface area contributed by atoms with E-state index in [2.05, 4.69) is 5.32 Å². The molecular weight excluding hydrogens is 400 g/mol. The molecule has 8 heteroatoms. The molecule has 1 atom stereocenters. The number of aromatic hydroxyl groups is 1. The van der Waals surface area contributed by atoms with Crippen molar-refractivity contribution in [3.05, 3.63) is 59.1 Å². The quantitative estimate of drug-likeness (QED) is 0.773. The fraction of sp³-hybridized carbons (Fsp3) is 0.350. The highest BCUT2D eigenvalue weighted by Crippen LogP contribution is 2.26. The minimum absolute atomic E-state index is 0.0978. The summed E-state index contributed by atoms with van der Waals surface area (Å²) in [7, 11) is -3.58. The largest absolute Gasteiger partial charge is 0.508 e. The minimum atomic E-state index is -3.58. The first kappa shape index (κ1) is 20.6. The van der Waals surface area contributed by atoms with Gasteiger partial charge in [-0.2, -0.15) is 4.31 Å². The van der Waals surface area contributed by atoms with E-state index >= 15 is 0 Å². The van der Waals surface area contributed by atoms with Crippen LogP contribution in [0.25, 0.3) is 0 Å². The van der Waals surface area contributed by atoms with Crippen LogP contribution in [0.4, 0.5) is 0 Å². The van der Waals surface area contributed by atoms with Crippen LogP contribution in [0.15, 0.2) is 53.4 Å². The van der Waals surface area contributed by atoms with E-state index in [1.54, 1.807) is 30.3 Å². The molecule has 0 aliphatic carbocycles. The average molecular weight is 423 g/mol. The topological polar surface area (TPSA) is 86.7 Å². The normalized spacial score (nSPS) is 17.2. The van der Waals surface area contributed by atoms with Crippen LogP contribution < -0.4 is 5.32 Å². The van der Waals surface area contributed by atoms with Gasteiger partial charge < -0.3 is 10.4 Å². The predicted octanol–water partition coefficient (Wildman–Crippen LogP) is 3.32. The first-order valence-corrected chi connectivity index (χ1v) is 10.9. The molecule has 0 saturated carbocycles. The Hall–Kier alpha value is -2.09. The Balaban J connectivity index is 1.58. The fourth-order valence-corrected chi connectivity index (χ4v) is 4.92.